The van der Waals surface area contributed by atoms with Crippen LogP contribution in [0.5, 0.6) is 0 Å². The standard InChI is InChI=1S/C18H16FN3S/c1-3-12-23-18-21-20-17(14-6-8-15(19)9-7-14)22(18)16-10-4-13(2)5-11-16/h3-11H,1,12H2,2H3. The van der Waals surface area contributed by atoms with Crippen LogP contribution in [0.1, 0.15) is 5.56 Å². The van der Waals surface area contributed by atoms with E-state index in [1.54, 1.807) is 23.9 Å². The van der Waals surface area contributed by atoms with Crippen LogP contribution in [0.15, 0.2) is 66.3 Å². The third-order valence-corrected chi connectivity index (χ3v) is 4.28. The molecule has 0 N–H and O–H groups in total. The molecular formula is C18H16FN3S. The van der Waals surface area contributed by atoms with Crippen LogP contribution in [0.25, 0.3) is 17.1 Å². The van der Waals surface area contributed by atoms with Gasteiger partial charge in [0.2, 0.25) is 0 Å². The second kappa shape index (κ2) is 6.79. The molecule has 5 heteroatoms. The lowest BCUT2D eigenvalue weighted by atomic mass is 10.2. The fraction of sp³-hybridized carbons (Fsp3) is 0.111. The van der Waals surface area contributed by atoms with E-state index in [0.717, 1.165) is 22.2 Å². The Morgan fingerprint density at radius 2 is 1.78 bits per heavy atom. The Morgan fingerprint density at radius 1 is 1.09 bits per heavy atom. The minimum Gasteiger partial charge on any atom is -0.270 e. The van der Waals surface area contributed by atoms with Gasteiger partial charge in [-0.2, -0.15) is 0 Å². The van der Waals surface area contributed by atoms with E-state index in [-0.39, 0.29) is 5.82 Å². The van der Waals surface area contributed by atoms with Gasteiger partial charge in [-0.15, -0.1) is 16.8 Å². The van der Waals surface area contributed by atoms with Crippen molar-refractivity contribution in [3.05, 3.63) is 72.6 Å². The van der Waals surface area contributed by atoms with Gasteiger partial charge >= 0.3 is 0 Å². The number of thioether (sulfide) groups is 1. The molecule has 0 unspecified atom stereocenters. The zero-order valence-corrected chi connectivity index (χ0v) is 13.6. The summed E-state index contributed by atoms with van der Waals surface area (Å²) in [6.07, 6.45) is 1.83. The van der Waals surface area contributed by atoms with Crippen molar-refractivity contribution in [2.24, 2.45) is 0 Å². The summed E-state index contributed by atoms with van der Waals surface area (Å²) in [6.45, 7) is 5.79. The van der Waals surface area contributed by atoms with Crippen molar-refractivity contribution in [3.8, 4) is 17.1 Å². The third-order valence-electron chi connectivity index (χ3n) is 3.36. The van der Waals surface area contributed by atoms with Crippen LogP contribution in [0.2, 0.25) is 0 Å². The van der Waals surface area contributed by atoms with Gasteiger partial charge in [0, 0.05) is 17.0 Å². The molecule has 0 aliphatic carbocycles. The smallest absolute Gasteiger partial charge is 0.196 e. The zero-order chi connectivity index (χ0) is 16.2. The summed E-state index contributed by atoms with van der Waals surface area (Å²) >= 11 is 1.56. The SMILES string of the molecule is C=CCSc1nnc(-c2ccc(F)cc2)n1-c1ccc(C)cc1. The molecule has 3 nitrogen and oxygen atoms in total. The van der Waals surface area contributed by atoms with E-state index in [1.165, 1.54) is 17.7 Å². The number of hydrogen-bond donors (Lipinski definition) is 0. The van der Waals surface area contributed by atoms with Crippen LogP contribution in [0.4, 0.5) is 4.39 Å². The molecule has 23 heavy (non-hydrogen) atoms. The molecule has 0 radical (unpaired) electrons. The number of hydrogen-bond acceptors (Lipinski definition) is 3. The van der Waals surface area contributed by atoms with Crippen LogP contribution >= 0.6 is 11.8 Å². The maximum atomic E-state index is 13.2. The van der Waals surface area contributed by atoms with E-state index in [9.17, 15) is 4.39 Å². The highest BCUT2D eigenvalue weighted by molar-refractivity contribution is 7.99. The van der Waals surface area contributed by atoms with Crippen LogP contribution in [-0.2, 0) is 0 Å². The largest absolute Gasteiger partial charge is 0.270 e. The van der Waals surface area contributed by atoms with Crippen LogP contribution < -0.4 is 0 Å². The zero-order valence-electron chi connectivity index (χ0n) is 12.7. The number of aryl methyl sites for hydroxylation is 1. The Hall–Kier alpha value is -2.40. The van der Waals surface area contributed by atoms with Gasteiger partial charge in [-0.25, -0.2) is 4.39 Å². The summed E-state index contributed by atoms with van der Waals surface area (Å²) in [5, 5.41) is 9.37. The highest BCUT2D eigenvalue weighted by atomic mass is 32.2. The van der Waals surface area contributed by atoms with Gasteiger partial charge in [-0.3, -0.25) is 4.57 Å². The molecule has 0 saturated heterocycles. The Kier molecular flexibility index (Phi) is 4.57. The Balaban J connectivity index is 2.12. The van der Waals surface area contributed by atoms with Crippen molar-refractivity contribution >= 4 is 11.8 Å². The molecule has 0 atom stereocenters. The van der Waals surface area contributed by atoms with Crippen LogP contribution in [0, 0.1) is 12.7 Å². The Labute approximate surface area is 138 Å². The van der Waals surface area contributed by atoms with Crippen molar-refractivity contribution in [2.45, 2.75) is 12.1 Å². The molecule has 1 aromatic heterocycles. The third kappa shape index (κ3) is 3.35. The molecule has 3 aromatic rings. The number of halogens is 1. The molecule has 116 valence electrons. The van der Waals surface area contributed by atoms with E-state index in [2.05, 4.69) is 16.8 Å². The average molecular weight is 325 g/mol. The normalized spacial score (nSPS) is 10.7. The molecule has 3 rings (SSSR count). The molecular weight excluding hydrogens is 309 g/mol. The molecule has 0 bridgehead atoms. The summed E-state index contributed by atoms with van der Waals surface area (Å²) in [6, 6.07) is 14.4. The van der Waals surface area contributed by atoms with E-state index in [0.29, 0.717) is 5.82 Å². The molecule has 2 aromatic carbocycles. The second-order valence-corrected chi connectivity index (χ2v) is 6.07. The fourth-order valence-electron chi connectivity index (χ4n) is 2.21. The monoisotopic (exact) mass is 325 g/mol. The van der Waals surface area contributed by atoms with E-state index in [4.69, 9.17) is 0 Å². The van der Waals surface area contributed by atoms with Gasteiger partial charge in [0.15, 0.2) is 11.0 Å². The average Bonchev–Trinajstić information content (AvgIpc) is 2.98. The molecule has 0 aliphatic heterocycles. The van der Waals surface area contributed by atoms with Gasteiger partial charge in [-0.05, 0) is 43.3 Å². The van der Waals surface area contributed by atoms with E-state index < -0.39 is 0 Å². The first-order chi connectivity index (χ1) is 11.2. The van der Waals surface area contributed by atoms with Crippen molar-refractivity contribution in [1.82, 2.24) is 14.8 Å². The first-order valence-corrected chi connectivity index (χ1v) is 8.19. The number of rotatable bonds is 5. The quantitative estimate of drug-likeness (QED) is 0.505. The maximum Gasteiger partial charge on any atom is 0.196 e. The summed E-state index contributed by atoms with van der Waals surface area (Å²) in [5.74, 6) is 1.17. The summed E-state index contributed by atoms with van der Waals surface area (Å²) in [5.41, 5.74) is 2.99. The summed E-state index contributed by atoms with van der Waals surface area (Å²) in [4.78, 5) is 0. The van der Waals surface area contributed by atoms with Crippen molar-refractivity contribution in [2.75, 3.05) is 5.75 Å². The van der Waals surface area contributed by atoms with E-state index in [1.807, 2.05) is 41.8 Å². The highest BCUT2D eigenvalue weighted by Gasteiger charge is 2.15. The predicted molar refractivity (Wildman–Crippen MR) is 92.4 cm³/mol. The lowest BCUT2D eigenvalue weighted by molar-refractivity contribution is 0.628. The number of aromatic nitrogens is 3. The van der Waals surface area contributed by atoms with Crippen LogP contribution in [0.3, 0.4) is 0 Å². The molecule has 0 spiro atoms. The lowest BCUT2D eigenvalue weighted by Gasteiger charge is -2.10. The maximum absolute atomic E-state index is 13.2. The molecule has 0 saturated carbocycles. The number of nitrogens with zero attached hydrogens (tertiary/aromatic N) is 3. The van der Waals surface area contributed by atoms with Gasteiger partial charge < -0.3 is 0 Å². The van der Waals surface area contributed by atoms with Gasteiger partial charge in [0.1, 0.15) is 5.82 Å². The van der Waals surface area contributed by atoms with Crippen LogP contribution in [-0.4, -0.2) is 20.5 Å². The molecule has 0 fully saturated rings. The first-order valence-electron chi connectivity index (χ1n) is 7.21. The predicted octanol–water partition coefficient (Wildman–Crippen LogP) is 4.66. The Bertz CT molecular complexity index is 807. The minimum atomic E-state index is -0.267. The topological polar surface area (TPSA) is 30.7 Å². The first kappa shape index (κ1) is 15.5. The summed E-state index contributed by atoms with van der Waals surface area (Å²) in [7, 11) is 0. The highest BCUT2D eigenvalue weighted by Crippen LogP contribution is 2.28. The fourth-order valence-corrected chi connectivity index (χ4v) is 2.90. The van der Waals surface area contributed by atoms with Gasteiger partial charge in [0.25, 0.3) is 0 Å². The van der Waals surface area contributed by atoms with Gasteiger partial charge in [-0.1, -0.05) is 35.5 Å². The van der Waals surface area contributed by atoms with E-state index >= 15 is 0 Å². The summed E-state index contributed by atoms with van der Waals surface area (Å²) < 4.78 is 15.2. The second-order valence-electron chi connectivity index (χ2n) is 5.08. The van der Waals surface area contributed by atoms with Crippen molar-refractivity contribution < 1.29 is 4.39 Å². The molecule has 0 amide bonds. The molecule has 0 aliphatic rings. The minimum absolute atomic E-state index is 0.267. The van der Waals surface area contributed by atoms with Crippen molar-refractivity contribution in [3.63, 3.8) is 0 Å². The Morgan fingerprint density at radius 3 is 2.43 bits per heavy atom. The van der Waals surface area contributed by atoms with Gasteiger partial charge in [0.05, 0.1) is 0 Å². The lowest BCUT2D eigenvalue weighted by Crippen LogP contribution is -2.00. The number of benzene rings is 2. The molecule has 1 heterocycles. The van der Waals surface area contributed by atoms with Crippen molar-refractivity contribution in [1.29, 1.82) is 0 Å².